The first-order chi connectivity index (χ1) is 22.0. The van der Waals surface area contributed by atoms with Crippen LogP contribution < -0.4 is 10.6 Å². The number of hydrogen-bond donors (Lipinski definition) is 8. The lowest BCUT2D eigenvalue weighted by molar-refractivity contribution is -0.298. The standard InChI is InChI=1S/C30H40N2O14/c1-15(35)22(28(40)31-7-8-33)32-27(39)18-11-19-26(44-14-43-19)20(12-18)45-29(41)17-6-2-4-16(10-17)5-3-9-42-30-25(38)24(37)23(36)21(13-34)46-30/h2-6,10-11,15,19-26,30,33-38H,7-9,12-14H2,1H3,(H,31,40)(H,32,39). The summed E-state index contributed by atoms with van der Waals surface area (Å²) in [7, 11) is 0. The normalized spacial score (nSPS) is 30.6. The van der Waals surface area contributed by atoms with Crippen molar-refractivity contribution in [2.75, 3.05) is 33.2 Å². The summed E-state index contributed by atoms with van der Waals surface area (Å²) in [6, 6.07) is 5.15. The molecule has 16 nitrogen and oxygen atoms in total. The van der Waals surface area contributed by atoms with E-state index in [2.05, 4.69) is 10.6 Å². The lowest BCUT2D eigenvalue weighted by Gasteiger charge is -2.39. The van der Waals surface area contributed by atoms with Gasteiger partial charge in [-0.1, -0.05) is 24.3 Å². The fraction of sp³-hybridized carbons (Fsp3) is 0.567. The van der Waals surface area contributed by atoms with Gasteiger partial charge in [0.2, 0.25) is 11.8 Å². The van der Waals surface area contributed by atoms with Gasteiger partial charge in [0.1, 0.15) is 55.6 Å². The van der Waals surface area contributed by atoms with Crippen LogP contribution in [0.25, 0.3) is 6.08 Å². The number of benzene rings is 1. The highest BCUT2D eigenvalue weighted by Gasteiger charge is 2.44. The Morgan fingerprint density at radius 2 is 1.89 bits per heavy atom. The van der Waals surface area contributed by atoms with E-state index in [0.717, 1.165) is 0 Å². The van der Waals surface area contributed by atoms with Gasteiger partial charge in [-0.3, -0.25) is 9.59 Å². The molecule has 2 saturated heterocycles. The van der Waals surface area contributed by atoms with E-state index < -0.39 is 85.6 Å². The van der Waals surface area contributed by atoms with Crippen molar-refractivity contribution in [1.29, 1.82) is 0 Å². The molecule has 1 aromatic rings. The Morgan fingerprint density at radius 1 is 1.11 bits per heavy atom. The molecule has 10 atom stereocenters. The number of amides is 2. The molecule has 0 bridgehead atoms. The van der Waals surface area contributed by atoms with Crippen molar-refractivity contribution in [3.63, 3.8) is 0 Å². The van der Waals surface area contributed by atoms with Crippen molar-refractivity contribution < 1.29 is 68.7 Å². The average Bonchev–Trinajstić information content (AvgIpc) is 3.53. The third-order valence-electron chi connectivity index (χ3n) is 7.65. The first-order valence-corrected chi connectivity index (χ1v) is 14.7. The van der Waals surface area contributed by atoms with Crippen LogP contribution in [0.1, 0.15) is 29.3 Å². The smallest absolute Gasteiger partial charge is 0.338 e. The zero-order valence-electron chi connectivity index (χ0n) is 25.0. The van der Waals surface area contributed by atoms with E-state index in [9.17, 15) is 39.9 Å². The molecule has 2 amide bonds. The first-order valence-electron chi connectivity index (χ1n) is 14.7. The summed E-state index contributed by atoms with van der Waals surface area (Å²) in [5.41, 5.74) is 0.960. The lowest BCUT2D eigenvalue weighted by Crippen LogP contribution is -2.59. The molecule has 0 radical (unpaired) electrons. The molecule has 2 fully saturated rings. The van der Waals surface area contributed by atoms with Crippen molar-refractivity contribution in [3.05, 3.63) is 53.1 Å². The quantitative estimate of drug-likeness (QED) is 0.0997. The zero-order valence-corrected chi connectivity index (χ0v) is 25.0. The average molecular weight is 653 g/mol. The number of rotatable bonds is 13. The maximum Gasteiger partial charge on any atom is 0.338 e. The first kappa shape index (κ1) is 35.6. The molecular formula is C30H40N2O14. The Morgan fingerprint density at radius 3 is 2.61 bits per heavy atom. The van der Waals surface area contributed by atoms with Crippen molar-refractivity contribution in [1.82, 2.24) is 10.6 Å². The molecule has 16 heteroatoms. The summed E-state index contributed by atoms with van der Waals surface area (Å²) in [4.78, 5) is 38.6. The van der Waals surface area contributed by atoms with Crippen LogP contribution in [-0.2, 0) is 33.3 Å². The number of esters is 1. The van der Waals surface area contributed by atoms with E-state index in [1.807, 2.05) is 0 Å². The molecule has 2 aliphatic heterocycles. The van der Waals surface area contributed by atoms with E-state index in [-0.39, 0.29) is 44.1 Å². The van der Waals surface area contributed by atoms with Crippen molar-refractivity contribution >= 4 is 23.9 Å². The van der Waals surface area contributed by atoms with Crippen LogP contribution in [0.4, 0.5) is 0 Å². The Kier molecular flexibility index (Phi) is 12.8. The van der Waals surface area contributed by atoms with Gasteiger partial charge in [0.05, 0.1) is 31.5 Å². The molecule has 8 N–H and O–H groups in total. The Labute approximate surface area is 264 Å². The summed E-state index contributed by atoms with van der Waals surface area (Å²) in [6.45, 7) is 0.231. The molecule has 3 aliphatic rings. The maximum absolute atomic E-state index is 13.2. The molecule has 10 unspecified atom stereocenters. The number of ether oxygens (including phenoxy) is 5. The third kappa shape index (κ3) is 8.74. The predicted octanol–water partition coefficient (Wildman–Crippen LogP) is -2.91. The van der Waals surface area contributed by atoms with Crippen LogP contribution in [0.3, 0.4) is 0 Å². The second kappa shape index (κ2) is 16.5. The zero-order chi connectivity index (χ0) is 33.4. The van der Waals surface area contributed by atoms with Gasteiger partial charge in [0, 0.05) is 18.5 Å². The van der Waals surface area contributed by atoms with E-state index in [4.69, 9.17) is 28.8 Å². The van der Waals surface area contributed by atoms with Gasteiger partial charge >= 0.3 is 5.97 Å². The molecule has 0 spiro atoms. The van der Waals surface area contributed by atoms with Gasteiger partial charge in [0.25, 0.3) is 0 Å². The van der Waals surface area contributed by atoms with Gasteiger partial charge in [-0.2, -0.15) is 0 Å². The van der Waals surface area contributed by atoms with E-state index in [0.29, 0.717) is 5.56 Å². The number of carbonyl (C=O) groups is 3. The summed E-state index contributed by atoms with van der Waals surface area (Å²) in [6.07, 6.45) is -5.82. The van der Waals surface area contributed by atoms with Crippen LogP contribution in [0, 0.1) is 0 Å². The maximum atomic E-state index is 13.2. The largest absolute Gasteiger partial charge is 0.456 e. The Bertz CT molecular complexity index is 1270. The van der Waals surface area contributed by atoms with Gasteiger partial charge in [0.15, 0.2) is 6.29 Å². The summed E-state index contributed by atoms with van der Waals surface area (Å²) in [5.74, 6) is -2.04. The molecule has 0 aromatic heterocycles. The van der Waals surface area contributed by atoms with Crippen LogP contribution in [0.15, 0.2) is 42.0 Å². The summed E-state index contributed by atoms with van der Waals surface area (Å²) in [5, 5.41) is 63.1. The molecule has 254 valence electrons. The number of aliphatic hydroxyl groups excluding tert-OH is 6. The van der Waals surface area contributed by atoms with E-state index in [1.165, 1.54) is 19.1 Å². The lowest BCUT2D eigenvalue weighted by atomic mass is 9.91. The second-order valence-corrected chi connectivity index (χ2v) is 11.0. The third-order valence-corrected chi connectivity index (χ3v) is 7.65. The van der Waals surface area contributed by atoms with Crippen LogP contribution in [0.5, 0.6) is 0 Å². The molecular weight excluding hydrogens is 612 g/mol. The minimum absolute atomic E-state index is 0.0538. The van der Waals surface area contributed by atoms with Gasteiger partial charge in [-0.15, -0.1) is 0 Å². The number of carbonyl (C=O) groups excluding carboxylic acids is 3. The molecule has 1 aliphatic carbocycles. The minimum Gasteiger partial charge on any atom is -0.456 e. The summed E-state index contributed by atoms with van der Waals surface area (Å²) < 4.78 is 27.7. The fourth-order valence-electron chi connectivity index (χ4n) is 5.17. The summed E-state index contributed by atoms with van der Waals surface area (Å²) >= 11 is 0. The minimum atomic E-state index is -1.56. The molecule has 1 aromatic carbocycles. The molecule has 46 heavy (non-hydrogen) atoms. The van der Waals surface area contributed by atoms with Crippen LogP contribution in [0.2, 0.25) is 0 Å². The Balaban J connectivity index is 1.36. The van der Waals surface area contributed by atoms with E-state index in [1.54, 1.807) is 30.4 Å². The highest BCUT2D eigenvalue weighted by molar-refractivity contribution is 5.97. The van der Waals surface area contributed by atoms with Crippen molar-refractivity contribution in [2.45, 2.75) is 74.5 Å². The number of aliphatic hydroxyl groups is 6. The predicted molar refractivity (Wildman–Crippen MR) is 155 cm³/mol. The molecule has 0 saturated carbocycles. The van der Waals surface area contributed by atoms with Crippen molar-refractivity contribution in [2.24, 2.45) is 0 Å². The number of fused-ring (bicyclic) bond motifs is 1. The number of nitrogens with one attached hydrogen (secondary N) is 2. The highest BCUT2D eigenvalue weighted by Crippen LogP contribution is 2.31. The topological polar surface area (TPSA) is 243 Å². The highest BCUT2D eigenvalue weighted by atomic mass is 16.7. The fourth-order valence-corrected chi connectivity index (χ4v) is 5.17. The Hall–Kier alpha value is -3.29. The van der Waals surface area contributed by atoms with Gasteiger partial charge < -0.3 is 65.0 Å². The SMILES string of the molecule is CC(O)C(NC(=O)C1=CC2OCOC2C(OC(=O)c2cccc(C=CCOC3OC(CO)C(O)C(O)C3O)c2)C1)C(=O)NCCO. The number of hydrogen-bond acceptors (Lipinski definition) is 14. The van der Waals surface area contributed by atoms with E-state index >= 15 is 0 Å². The second-order valence-electron chi connectivity index (χ2n) is 11.0. The van der Waals surface area contributed by atoms with Crippen LogP contribution in [-0.4, -0.2) is 143 Å². The van der Waals surface area contributed by atoms with Crippen molar-refractivity contribution in [3.8, 4) is 0 Å². The molecule has 2 heterocycles. The van der Waals surface area contributed by atoms with Gasteiger partial charge in [-0.05, 0) is 30.7 Å². The molecule has 4 rings (SSSR count). The van der Waals surface area contributed by atoms with Crippen LogP contribution >= 0.6 is 0 Å². The van der Waals surface area contributed by atoms with Gasteiger partial charge in [-0.25, -0.2) is 4.79 Å². The monoisotopic (exact) mass is 652 g/mol.